The van der Waals surface area contributed by atoms with Gasteiger partial charge in [-0.3, -0.25) is 9.59 Å². The first kappa shape index (κ1) is 16.3. The third-order valence-corrected chi connectivity index (χ3v) is 1.15. The Bertz CT molecular complexity index is 162. The second-order valence-corrected chi connectivity index (χ2v) is 2.19. The van der Waals surface area contributed by atoms with E-state index in [1.54, 1.807) is 0 Å². The minimum absolute atomic E-state index is 0. The van der Waals surface area contributed by atoms with Crippen LogP contribution in [0.5, 0.6) is 0 Å². The smallest absolute Gasteiger partial charge is 1.00 e. The van der Waals surface area contributed by atoms with Crippen molar-refractivity contribution in [1.29, 1.82) is 0 Å². The summed E-state index contributed by atoms with van der Waals surface area (Å²) in [6, 6.07) is 0. The maximum Gasteiger partial charge on any atom is 1.00 e. The van der Waals surface area contributed by atoms with E-state index in [9.17, 15) is 9.59 Å². The van der Waals surface area contributed by atoms with Crippen molar-refractivity contribution in [2.24, 2.45) is 0 Å². The van der Waals surface area contributed by atoms with Crippen LogP contribution in [0.4, 0.5) is 0 Å². The van der Waals surface area contributed by atoms with Crippen molar-refractivity contribution in [1.82, 2.24) is 10.6 Å². The van der Waals surface area contributed by atoms with E-state index in [0.717, 1.165) is 0 Å². The van der Waals surface area contributed by atoms with E-state index in [1.807, 2.05) is 0 Å². The van der Waals surface area contributed by atoms with Crippen molar-refractivity contribution < 1.29 is 50.4 Å². The molecule has 0 saturated heterocycles. The molecule has 0 aliphatic carbocycles. The minimum atomic E-state index is -0.402. The molecule has 0 heterocycles. The second-order valence-electron chi connectivity index (χ2n) is 2.19. The zero-order valence-corrected chi connectivity index (χ0v) is 10.3. The molecule has 0 aromatic rings. The number of aliphatic hydroxyl groups is 1. The second kappa shape index (κ2) is 12.9. The summed E-state index contributed by atoms with van der Waals surface area (Å²) in [6.45, 7) is 0.900. The Morgan fingerprint density at radius 1 is 1.50 bits per heavy atom. The Balaban J connectivity index is -0.000000720. The van der Waals surface area contributed by atoms with E-state index in [1.165, 1.54) is 0 Å². The van der Waals surface area contributed by atoms with Gasteiger partial charge < -0.3 is 21.9 Å². The molecule has 3 N–H and O–H groups in total. The van der Waals surface area contributed by atoms with E-state index >= 15 is 0 Å². The van der Waals surface area contributed by atoms with Crippen LogP contribution >= 0.6 is 0 Å². The van der Waals surface area contributed by atoms with Crippen LogP contribution < -0.4 is 40.2 Å². The zero-order chi connectivity index (χ0) is 9.94. The van der Waals surface area contributed by atoms with Gasteiger partial charge in [0.15, 0.2) is 0 Å². The van der Waals surface area contributed by atoms with E-state index in [-0.39, 0.29) is 50.7 Å². The standard InChI is InChI=1S/C7H14N2O4.Na.H/c10-3-1-8-5-7(12)13-4-2-9-6-11;;/h6,8,10H,1-5H2,(H,9,11);;/q;+1;-1. The summed E-state index contributed by atoms with van der Waals surface area (Å²) in [5.41, 5.74) is 0. The van der Waals surface area contributed by atoms with Crippen molar-refractivity contribution in [3.8, 4) is 0 Å². The number of carbonyl (C=O) groups is 2. The molecule has 14 heavy (non-hydrogen) atoms. The van der Waals surface area contributed by atoms with Crippen LogP contribution in [0, 0.1) is 0 Å². The Hall–Kier alpha value is -0.140. The molecule has 0 spiro atoms. The van der Waals surface area contributed by atoms with Crippen LogP contribution in [0.1, 0.15) is 1.43 Å². The van der Waals surface area contributed by atoms with E-state index < -0.39 is 5.97 Å². The minimum Gasteiger partial charge on any atom is -1.00 e. The summed E-state index contributed by atoms with van der Waals surface area (Å²) in [7, 11) is 0. The number of hydrogen-bond acceptors (Lipinski definition) is 5. The largest absolute Gasteiger partial charge is 1.00 e. The van der Waals surface area contributed by atoms with Gasteiger partial charge in [-0.25, -0.2) is 0 Å². The zero-order valence-electron chi connectivity index (χ0n) is 9.28. The van der Waals surface area contributed by atoms with Gasteiger partial charge in [-0.15, -0.1) is 0 Å². The first-order valence-electron chi connectivity index (χ1n) is 3.95. The van der Waals surface area contributed by atoms with Gasteiger partial charge in [0, 0.05) is 6.54 Å². The summed E-state index contributed by atoms with van der Waals surface area (Å²) in [4.78, 5) is 20.6. The summed E-state index contributed by atoms with van der Waals surface area (Å²) >= 11 is 0. The maximum atomic E-state index is 10.8. The fraction of sp³-hybridized carbons (Fsp3) is 0.714. The van der Waals surface area contributed by atoms with Gasteiger partial charge in [-0.05, 0) is 0 Å². The van der Waals surface area contributed by atoms with Crippen LogP contribution in [0.25, 0.3) is 0 Å². The SMILES string of the molecule is O=CNCCOC(=O)CNCCO.[H-].[Na+]. The monoisotopic (exact) mass is 214 g/mol. The molecule has 0 saturated carbocycles. The number of rotatable bonds is 8. The van der Waals surface area contributed by atoms with Crippen molar-refractivity contribution in [2.45, 2.75) is 0 Å². The fourth-order valence-electron chi connectivity index (χ4n) is 0.603. The summed E-state index contributed by atoms with van der Waals surface area (Å²) < 4.78 is 4.69. The predicted molar refractivity (Wildman–Crippen MR) is 46.1 cm³/mol. The summed E-state index contributed by atoms with van der Waals surface area (Å²) in [5, 5.41) is 13.4. The molecule has 7 heteroatoms. The number of aliphatic hydroxyl groups excluding tert-OH is 1. The van der Waals surface area contributed by atoms with E-state index in [2.05, 4.69) is 15.4 Å². The fourth-order valence-corrected chi connectivity index (χ4v) is 0.603. The molecule has 0 aliphatic rings. The van der Waals surface area contributed by atoms with Gasteiger partial charge in [-0.2, -0.15) is 0 Å². The molecule has 0 rings (SSSR count). The molecule has 0 aromatic carbocycles. The molecule has 0 bridgehead atoms. The third kappa shape index (κ3) is 11.9. The number of amides is 1. The Labute approximate surface area is 106 Å². The van der Waals surface area contributed by atoms with Crippen LogP contribution in [-0.4, -0.2) is 50.3 Å². The quantitative estimate of drug-likeness (QED) is 0.163. The Kier molecular flexibility index (Phi) is 15.0. The Morgan fingerprint density at radius 3 is 2.79 bits per heavy atom. The first-order valence-corrected chi connectivity index (χ1v) is 3.95. The molecular weight excluding hydrogens is 199 g/mol. The summed E-state index contributed by atoms with van der Waals surface area (Å²) in [5.74, 6) is -0.402. The Morgan fingerprint density at radius 2 is 2.21 bits per heavy atom. The molecule has 1 amide bonds. The van der Waals surface area contributed by atoms with Crippen molar-refractivity contribution >= 4 is 12.4 Å². The van der Waals surface area contributed by atoms with Gasteiger partial charge in [0.1, 0.15) is 6.61 Å². The summed E-state index contributed by atoms with van der Waals surface area (Å²) in [6.07, 6.45) is 0.540. The molecular formula is C7H15N2NaO4. The molecule has 0 radical (unpaired) electrons. The maximum absolute atomic E-state index is 10.8. The molecule has 6 nitrogen and oxygen atoms in total. The predicted octanol–water partition coefficient (Wildman–Crippen LogP) is -5.03. The number of nitrogens with one attached hydrogen (secondary N) is 2. The van der Waals surface area contributed by atoms with Gasteiger partial charge >= 0.3 is 35.5 Å². The molecule has 0 aliphatic heterocycles. The van der Waals surface area contributed by atoms with Crippen LogP contribution in [-0.2, 0) is 14.3 Å². The molecule has 0 atom stereocenters. The van der Waals surface area contributed by atoms with Gasteiger partial charge in [0.2, 0.25) is 6.41 Å². The third-order valence-electron chi connectivity index (χ3n) is 1.15. The number of carbonyl (C=O) groups excluding carboxylic acids is 2. The topological polar surface area (TPSA) is 87.7 Å². The number of ether oxygens (including phenoxy) is 1. The normalized spacial score (nSPS) is 8.64. The molecule has 0 fully saturated rings. The molecule has 0 unspecified atom stereocenters. The molecule has 0 aromatic heterocycles. The van der Waals surface area contributed by atoms with Crippen molar-refractivity contribution in [3.63, 3.8) is 0 Å². The van der Waals surface area contributed by atoms with Gasteiger partial charge in [-0.1, -0.05) is 0 Å². The van der Waals surface area contributed by atoms with Crippen molar-refractivity contribution in [3.05, 3.63) is 0 Å². The number of hydrogen-bond donors (Lipinski definition) is 3. The van der Waals surface area contributed by atoms with E-state index in [4.69, 9.17) is 5.11 Å². The average Bonchev–Trinajstić information content (AvgIpc) is 2.13. The first-order chi connectivity index (χ1) is 6.31. The van der Waals surface area contributed by atoms with Crippen LogP contribution in [0.3, 0.4) is 0 Å². The van der Waals surface area contributed by atoms with Gasteiger partial charge in [0.25, 0.3) is 0 Å². The van der Waals surface area contributed by atoms with Crippen LogP contribution in [0.15, 0.2) is 0 Å². The molecule has 78 valence electrons. The van der Waals surface area contributed by atoms with Crippen LogP contribution in [0.2, 0.25) is 0 Å². The average molecular weight is 214 g/mol. The van der Waals surface area contributed by atoms with Gasteiger partial charge in [0.05, 0.1) is 19.7 Å². The van der Waals surface area contributed by atoms with E-state index in [0.29, 0.717) is 19.5 Å². The van der Waals surface area contributed by atoms with Crippen molar-refractivity contribution in [2.75, 3.05) is 32.8 Å². The number of esters is 1.